The molecular weight excluding hydrogens is 659 g/mol. The standard InChI is InChI=1S/C34H37FN4O11/c1-45-25-11-19(28-21-13-24-23(48-17-49-24)10-18(21)9-20-16-47-32(42)29(20)28)12-26(46-2)30(25)50-34(44)37-8-6-4-3-5-7-36-27(40)15-39-14-22(35)31(41)38-33(39)43/h10-14,20,28-29H,3-9,15-17H2,1-2H3,(H,36,40)(H,37,44)(H,38,41,43)/t20-,28+,29-/m0/s1. The minimum Gasteiger partial charge on any atom is -0.493 e. The number of methoxy groups -OCH3 is 2. The number of amides is 2. The average molecular weight is 697 g/mol. The topological polar surface area (TPSA) is 186 Å². The smallest absolute Gasteiger partial charge is 0.412 e. The molecule has 1 aromatic heterocycles. The van der Waals surface area contributed by atoms with Crippen molar-refractivity contribution in [2.75, 3.05) is 40.7 Å². The zero-order valence-electron chi connectivity index (χ0n) is 27.5. The van der Waals surface area contributed by atoms with E-state index in [1.807, 2.05) is 12.1 Å². The number of hydrogen-bond donors (Lipinski definition) is 3. The lowest BCUT2D eigenvalue weighted by molar-refractivity contribution is -0.141. The lowest BCUT2D eigenvalue weighted by Gasteiger charge is -2.34. The number of nitrogens with one attached hydrogen (secondary N) is 3. The van der Waals surface area contributed by atoms with Gasteiger partial charge in [-0.05, 0) is 60.2 Å². The Labute approximate surface area is 285 Å². The Morgan fingerprint density at radius 2 is 1.62 bits per heavy atom. The Hall–Kier alpha value is -5.54. The maximum Gasteiger partial charge on any atom is 0.412 e. The molecule has 3 aromatic rings. The Bertz CT molecular complexity index is 1880. The number of cyclic esters (lactones) is 1. The van der Waals surface area contributed by atoms with E-state index in [1.54, 1.807) is 17.1 Å². The van der Waals surface area contributed by atoms with Crippen LogP contribution in [0.4, 0.5) is 9.18 Å². The van der Waals surface area contributed by atoms with Crippen LogP contribution in [-0.2, 0) is 27.3 Å². The van der Waals surface area contributed by atoms with Gasteiger partial charge in [-0.3, -0.25) is 23.9 Å². The molecule has 1 aliphatic carbocycles. The normalized spacial score (nSPS) is 18.5. The summed E-state index contributed by atoms with van der Waals surface area (Å²) in [7, 11) is 2.91. The third kappa shape index (κ3) is 7.23. The van der Waals surface area contributed by atoms with Crippen molar-refractivity contribution in [1.29, 1.82) is 0 Å². The summed E-state index contributed by atoms with van der Waals surface area (Å²) in [5.74, 6) is -0.896. The number of carbonyl (C=O) groups is 3. The van der Waals surface area contributed by atoms with Gasteiger partial charge >= 0.3 is 17.8 Å². The second kappa shape index (κ2) is 14.9. The second-order valence-corrected chi connectivity index (χ2v) is 12.2. The zero-order valence-corrected chi connectivity index (χ0v) is 27.5. The number of aromatic nitrogens is 2. The molecule has 266 valence electrons. The molecule has 2 aromatic carbocycles. The number of fused-ring (bicyclic) bond motifs is 3. The van der Waals surface area contributed by atoms with Crippen LogP contribution in [0.5, 0.6) is 28.7 Å². The van der Waals surface area contributed by atoms with Crippen LogP contribution in [0, 0.1) is 17.7 Å². The summed E-state index contributed by atoms with van der Waals surface area (Å²) in [5, 5.41) is 5.36. The first-order valence-electron chi connectivity index (χ1n) is 16.2. The van der Waals surface area contributed by atoms with Crippen LogP contribution >= 0.6 is 0 Å². The van der Waals surface area contributed by atoms with E-state index in [0.29, 0.717) is 56.7 Å². The molecule has 0 spiro atoms. The van der Waals surface area contributed by atoms with Crippen LogP contribution in [0.25, 0.3) is 0 Å². The number of hydrogen-bond acceptors (Lipinski definition) is 11. The van der Waals surface area contributed by atoms with Gasteiger partial charge in [0.15, 0.2) is 23.0 Å². The molecule has 15 nitrogen and oxygen atoms in total. The van der Waals surface area contributed by atoms with Gasteiger partial charge in [0.25, 0.3) is 5.56 Å². The summed E-state index contributed by atoms with van der Waals surface area (Å²) in [6, 6.07) is 7.37. The summed E-state index contributed by atoms with van der Waals surface area (Å²) in [5.41, 5.74) is 0.681. The van der Waals surface area contributed by atoms with Crippen molar-refractivity contribution in [3.8, 4) is 28.7 Å². The van der Waals surface area contributed by atoms with Gasteiger partial charge in [-0.25, -0.2) is 9.59 Å². The summed E-state index contributed by atoms with van der Waals surface area (Å²) in [4.78, 5) is 62.5. The first kappa shape index (κ1) is 34.3. The molecule has 0 bridgehead atoms. The quantitative estimate of drug-likeness (QED) is 0.176. The van der Waals surface area contributed by atoms with E-state index in [1.165, 1.54) is 14.2 Å². The van der Waals surface area contributed by atoms with E-state index in [9.17, 15) is 28.4 Å². The van der Waals surface area contributed by atoms with Gasteiger partial charge in [0.05, 0.1) is 32.9 Å². The van der Waals surface area contributed by atoms with Crippen molar-refractivity contribution in [2.24, 2.45) is 11.8 Å². The molecule has 50 heavy (non-hydrogen) atoms. The Morgan fingerprint density at radius 1 is 0.940 bits per heavy atom. The van der Waals surface area contributed by atoms with E-state index in [-0.39, 0.29) is 35.9 Å². The van der Waals surface area contributed by atoms with E-state index < -0.39 is 47.4 Å². The summed E-state index contributed by atoms with van der Waals surface area (Å²) in [6.45, 7) is 0.698. The van der Waals surface area contributed by atoms with Gasteiger partial charge in [0, 0.05) is 24.9 Å². The first-order valence-corrected chi connectivity index (χ1v) is 16.2. The minimum absolute atomic E-state index is 0.0224. The SMILES string of the molecule is COc1cc([C@@H]2c3cc4c(cc3C[C@H]3COC(=O)[C@@H]32)OCO4)cc(OC)c1OC(=O)NCCCCCCNC(=O)Cn1cc(F)c(=O)[nH]c1=O. The van der Waals surface area contributed by atoms with E-state index >= 15 is 0 Å². The predicted molar refractivity (Wildman–Crippen MR) is 172 cm³/mol. The van der Waals surface area contributed by atoms with Crippen molar-refractivity contribution < 1.29 is 47.2 Å². The number of ether oxygens (including phenoxy) is 6. The highest BCUT2D eigenvalue weighted by Crippen LogP contribution is 2.52. The molecule has 0 radical (unpaired) electrons. The molecule has 1 saturated heterocycles. The van der Waals surface area contributed by atoms with Gasteiger partial charge < -0.3 is 39.1 Å². The van der Waals surface area contributed by atoms with E-state index in [4.69, 9.17) is 28.4 Å². The Morgan fingerprint density at radius 3 is 2.32 bits per heavy atom. The highest BCUT2D eigenvalue weighted by atomic mass is 19.1. The molecule has 6 rings (SSSR count). The number of unbranched alkanes of at least 4 members (excludes halogenated alkanes) is 3. The molecule has 3 aliphatic rings. The van der Waals surface area contributed by atoms with Gasteiger partial charge in [0.2, 0.25) is 24.3 Å². The molecular formula is C34H37FN4O11. The Kier molecular flexibility index (Phi) is 10.2. The highest BCUT2D eigenvalue weighted by molar-refractivity contribution is 5.79. The fourth-order valence-corrected chi connectivity index (χ4v) is 6.65. The monoisotopic (exact) mass is 696 g/mol. The van der Waals surface area contributed by atoms with Gasteiger partial charge in [-0.1, -0.05) is 12.8 Å². The lowest BCUT2D eigenvalue weighted by atomic mass is 9.67. The number of benzene rings is 2. The third-order valence-electron chi connectivity index (χ3n) is 9.04. The molecule has 1 fully saturated rings. The molecule has 3 N–H and O–H groups in total. The number of esters is 1. The first-order chi connectivity index (χ1) is 24.2. The maximum absolute atomic E-state index is 13.4. The highest BCUT2D eigenvalue weighted by Gasteiger charge is 2.48. The zero-order chi connectivity index (χ0) is 35.4. The second-order valence-electron chi connectivity index (χ2n) is 12.2. The van der Waals surface area contributed by atoms with E-state index in [2.05, 4.69) is 10.6 Å². The van der Waals surface area contributed by atoms with Crippen LogP contribution < -0.4 is 45.6 Å². The summed E-state index contributed by atoms with van der Waals surface area (Å²) < 4.78 is 47.8. The lowest BCUT2D eigenvalue weighted by Crippen LogP contribution is -2.37. The van der Waals surface area contributed by atoms with Crippen LogP contribution in [0.15, 0.2) is 40.1 Å². The number of halogens is 1. The van der Waals surface area contributed by atoms with Crippen LogP contribution in [0.1, 0.15) is 48.3 Å². The fourth-order valence-electron chi connectivity index (χ4n) is 6.65. The molecule has 2 amide bonds. The molecule has 3 atom stereocenters. The van der Waals surface area contributed by atoms with E-state index in [0.717, 1.165) is 34.1 Å². The molecule has 0 unspecified atom stereocenters. The molecule has 3 heterocycles. The number of rotatable bonds is 13. The van der Waals surface area contributed by atoms with Gasteiger partial charge in [0.1, 0.15) is 6.54 Å². The summed E-state index contributed by atoms with van der Waals surface area (Å²) in [6.07, 6.45) is 3.42. The van der Waals surface area contributed by atoms with Crippen molar-refractivity contribution in [3.63, 3.8) is 0 Å². The third-order valence-corrected chi connectivity index (χ3v) is 9.04. The van der Waals surface area contributed by atoms with Crippen molar-refractivity contribution in [2.45, 2.75) is 44.6 Å². The van der Waals surface area contributed by atoms with Crippen molar-refractivity contribution in [3.05, 3.63) is 73.8 Å². The molecule has 0 saturated carbocycles. The molecule has 16 heteroatoms. The number of aromatic amines is 1. The Balaban J connectivity index is 1.02. The van der Waals surface area contributed by atoms with Crippen LogP contribution in [-0.4, -0.2) is 68.2 Å². The van der Waals surface area contributed by atoms with Crippen LogP contribution in [0.3, 0.4) is 0 Å². The number of carbonyl (C=O) groups excluding carboxylic acids is 3. The fraction of sp³-hybridized carbons (Fsp3) is 0.441. The largest absolute Gasteiger partial charge is 0.493 e. The van der Waals surface area contributed by atoms with Crippen molar-refractivity contribution >= 4 is 18.0 Å². The minimum atomic E-state index is -1.15. The van der Waals surface area contributed by atoms with Gasteiger partial charge in [-0.2, -0.15) is 4.39 Å². The average Bonchev–Trinajstić information content (AvgIpc) is 3.71. The van der Waals surface area contributed by atoms with Crippen molar-refractivity contribution in [1.82, 2.24) is 20.2 Å². The molecule has 2 aliphatic heterocycles. The number of H-pyrrole nitrogens is 1. The van der Waals surface area contributed by atoms with Crippen LogP contribution in [0.2, 0.25) is 0 Å². The maximum atomic E-state index is 13.4. The number of nitrogens with zero attached hydrogens (tertiary/aromatic N) is 1. The summed E-state index contributed by atoms with van der Waals surface area (Å²) >= 11 is 0. The predicted octanol–water partition coefficient (Wildman–Crippen LogP) is 2.36. The van der Waals surface area contributed by atoms with Gasteiger partial charge in [-0.15, -0.1) is 0 Å².